The molecule has 0 atom stereocenters. The Morgan fingerprint density at radius 2 is 2.19 bits per heavy atom. The van der Waals surface area contributed by atoms with Crippen LogP contribution in [-0.4, -0.2) is 20.9 Å². The number of aromatic nitrogens is 2. The standard InChI is InChI=1S/C11H17N3O2/c12-9-7-14(13-10(9)11(15)16)6-8-4-2-1-3-5-8/h7-8H,1-6,12H2,(H,15,16). The number of carbonyl (C=O) groups is 1. The Hall–Kier alpha value is -1.52. The number of carboxylic acid groups (broad SMARTS) is 1. The molecule has 1 aliphatic carbocycles. The number of aromatic carboxylic acids is 1. The Kier molecular flexibility index (Phi) is 3.12. The Labute approximate surface area is 94.2 Å². The Morgan fingerprint density at radius 1 is 1.50 bits per heavy atom. The molecule has 1 aliphatic rings. The fourth-order valence-electron chi connectivity index (χ4n) is 2.33. The van der Waals surface area contributed by atoms with Crippen LogP contribution in [0.5, 0.6) is 0 Å². The molecule has 0 saturated heterocycles. The zero-order valence-electron chi connectivity index (χ0n) is 9.22. The molecular formula is C11H17N3O2. The number of anilines is 1. The number of nitrogens with two attached hydrogens (primary N) is 1. The lowest BCUT2D eigenvalue weighted by atomic mass is 9.89. The molecule has 1 fully saturated rings. The van der Waals surface area contributed by atoms with Crippen molar-refractivity contribution in [1.82, 2.24) is 9.78 Å². The van der Waals surface area contributed by atoms with Crippen molar-refractivity contribution in [3.8, 4) is 0 Å². The highest BCUT2D eigenvalue weighted by molar-refractivity contribution is 5.91. The summed E-state index contributed by atoms with van der Waals surface area (Å²) in [6.45, 7) is 0.789. The van der Waals surface area contributed by atoms with Crippen LogP contribution in [0.25, 0.3) is 0 Å². The lowest BCUT2D eigenvalue weighted by Gasteiger charge is -2.21. The van der Waals surface area contributed by atoms with E-state index < -0.39 is 5.97 Å². The SMILES string of the molecule is Nc1cn(CC2CCCCC2)nc1C(=O)O. The van der Waals surface area contributed by atoms with E-state index in [1.807, 2.05) is 0 Å². The van der Waals surface area contributed by atoms with Crippen molar-refractivity contribution in [1.29, 1.82) is 0 Å². The van der Waals surface area contributed by atoms with Gasteiger partial charge >= 0.3 is 5.97 Å². The highest BCUT2D eigenvalue weighted by Crippen LogP contribution is 2.25. The normalized spacial score (nSPS) is 17.5. The van der Waals surface area contributed by atoms with Crippen LogP contribution in [0.15, 0.2) is 6.20 Å². The van der Waals surface area contributed by atoms with Gasteiger partial charge in [0.05, 0.1) is 5.69 Å². The number of nitrogen functional groups attached to an aromatic ring is 1. The molecule has 5 heteroatoms. The largest absolute Gasteiger partial charge is 0.476 e. The van der Waals surface area contributed by atoms with Crippen LogP contribution >= 0.6 is 0 Å². The van der Waals surface area contributed by atoms with Crippen LogP contribution < -0.4 is 5.73 Å². The molecule has 0 unspecified atom stereocenters. The van der Waals surface area contributed by atoms with Crippen molar-refractivity contribution in [2.45, 2.75) is 38.6 Å². The van der Waals surface area contributed by atoms with E-state index in [1.54, 1.807) is 10.9 Å². The first-order valence-electron chi connectivity index (χ1n) is 5.73. The fraction of sp³-hybridized carbons (Fsp3) is 0.636. The van der Waals surface area contributed by atoms with Gasteiger partial charge in [-0.3, -0.25) is 4.68 Å². The summed E-state index contributed by atoms with van der Waals surface area (Å²) in [5.41, 5.74) is 5.80. The van der Waals surface area contributed by atoms with Crippen molar-refractivity contribution >= 4 is 11.7 Å². The fourth-order valence-corrected chi connectivity index (χ4v) is 2.33. The van der Waals surface area contributed by atoms with Crippen molar-refractivity contribution in [3.05, 3.63) is 11.9 Å². The van der Waals surface area contributed by atoms with E-state index in [9.17, 15) is 4.79 Å². The molecule has 2 rings (SSSR count). The smallest absolute Gasteiger partial charge is 0.358 e. The van der Waals surface area contributed by atoms with E-state index in [0.29, 0.717) is 5.92 Å². The van der Waals surface area contributed by atoms with Crippen molar-refractivity contribution in [2.24, 2.45) is 5.92 Å². The summed E-state index contributed by atoms with van der Waals surface area (Å²) in [7, 11) is 0. The summed E-state index contributed by atoms with van der Waals surface area (Å²) in [4.78, 5) is 10.8. The van der Waals surface area contributed by atoms with Crippen LogP contribution in [-0.2, 0) is 6.54 Å². The third kappa shape index (κ3) is 2.35. The average Bonchev–Trinajstić information content (AvgIpc) is 2.61. The summed E-state index contributed by atoms with van der Waals surface area (Å²) in [6, 6.07) is 0. The number of hydrogen-bond acceptors (Lipinski definition) is 3. The van der Waals surface area contributed by atoms with E-state index in [2.05, 4.69) is 5.10 Å². The van der Waals surface area contributed by atoms with Gasteiger partial charge in [0.1, 0.15) is 0 Å². The predicted octanol–water partition coefficient (Wildman–Crippen LogP) is 1.74. The first-order valence-corrected chi connectivity index (χ1v) is 5.73. The summed E-state index contributed by atoms with van der Waals surface area (Å²) in [6.07, 6.45) is 7.90. The summed E-state index contributed by atoms with van der Waals surface area (Å²) >= 11 is 0. The molecule has 88 valence electrons. The first kappa shape index (κ1) is 11.0. The number of nitrogens with zero attached hydrogens (tertiary/aromatic N) is 2. The van der Waals surface area contributed by atoms with Crippen LogP contribution in [0, 0.1) is 5.92 Å². The Morgan fingerprint density at radius 3 is 2.75 bits per heavy atom. The number of hydrogen-bond donors (Lipinski definition) is 2. The van der Waals surface area contributed by atoms with Gasteiger partial charge in [-0.15, -0.1) is 0 Å². The van der Waals surface area contributed by atoms with Crippen LogP contribution in [0.1, 0.15) is 42.6 Å². The second-order valence-electron chi connectivity index (χ2n) is 4.46. The molecule has 1 heterocycles. The van der Waals surface area contributed by atoms with Crippen LogP contribution in [0.2, 0.25) is 0 Å². The molecule has 1 aromatic heterocycles. The van der Waals surface area contributed by atoms with Gasteiger partial charge in [-0.1, -0.05) is 19.3 Å². The minimum Gasteiger partial charge on any atom is -0.476 e. The van der Waals surface area contributed by atoms with Gasteiger partial charge in [0.2, 0.25) is 0 Å². The summed E-state index contributed by atoms with van der Waals surface area (Å²) in [5, 5.41) is 12.8. The van der Waals surface area contributed by atoms with E-state index in [4.69, 9.17) is 10.8 Å². The van der Waals surface area contributed by atoms with Gasteiger partial charge in [0, 0.05) is 12.7 Å². The van der Waals surface area contributed by atoms with Gasteiger partial charge in [0.25, 0.3) is 0 Å². The minimum absolute atomic E-state index is 0.0317. The maximum atomic E-state index is 10.8. The van der Waals surface area contributed by atoms with Gasteiger partial charge < -0.3 is 10.8 Å². The second-order valence-corrected chi connectivity index (χ2v) is 4.46. The molecule has 0 spiro atoms. The quantitative estimate of drug-likeness (QED) is 0.817. The van der Waals surface area contributed by atoms with Gasteiger partial charge in [-0.25, -0.2) is 4.79 Å². The lowest BCUT2D eigenvalue weighted by molar-refractivity contribution is 0.0690. The molecule has 0 aromatic carbocycles. The van der Waals surface area contributed by atoms with Crippen molar-refractivity contribution < 1.29 is 9.90 Å². The molecule has 0 radical (unpaired) electrons. The van der Waals surface area contributed by atoms with Gasteiger partial charge in [-0.05, 0) is 18.8 Å². The highest BCUT2D eigenvalue weighted by Gasteiger charge is 2.17. The Balaban J connectivity index is 2.03. The maximum absolute atomic E-state index is 10.8. The average molecular weight is 223 g/mol. The third-order valence-electron chi connectivity index (χ3n) is 3.16. The minimum atomic E-state index is -1.06. The van der Waals surface area contributed by atoms with E-state index in [0.717, 1.165) is 6.54 Å². The molecular weight excluding hydrogens is 206 g/mol. The zero-order chi connectivity index (χ0) is 11.5. The zero-order valence-corrected chi connectivity index (χ0v) is 9.22. The molecule has 5 nitrogen and oxygen atoms in total. The molecule has 0 aliphatic heterocycles. The van der Waals surface area contributed by atoms with Crippen LogP contribution in [0.4, 0.5) is 5.69 Å². The molecule has 0 amide bonds. The predicted molar refractivity (Wildman–Crippen MR) is 60.2 cm³/mol. The molecule has 16 heavy (non-hydrogen) atoms. The molecule has 1 aromatic rings. The maximum Gasteiger partial charge on any atom is 0.358 e. The molecule has 0 bridgehead atoms. The summed E-state index contributed by atoms with van der Waals surface area (Å²) in [5.74, 6) is -0.436. The summed E-state index contributed by atoms with van der Waals surface area (Å²) < 4.78 is 1.68. The van der Waals surface area contributed by atoms with Crippen molar-refractivity contribution in [2.75, 3.05) is 5.73 Å². The monoisotopic (exact) mass is 223 g/mol. The van der Waals surface area contributed by atoms with Gasteiger partial charge in [0.15, 0.2) is 5.69 Å². The van der Waals surface area contributed by atoms with Gasteiger partial charge in [-0.2, -0.15) is 5.10 Å². The second kappa shape index (κ2) is 4.55. The van der Waals surface area contributed by atoms with Crippen molar-refractivity contribution in [3.63, 3.8) is 0 Å². The van der Waals surface area contributed by atoms with E-state index in [1.165, 1.54) is 32.1 Å². The Bertz CT molecular complexity index is 381. The topological polar surface area (TPSA) is 81.1 Å². The lowest BCUT2D eigenvalue weighted by Crippen LogP contribution is -2.15. The third-order valence-corrected chi connectivity index (χ3v) is 3.16. The van der Waals surface area contributed by atoms with Crippen LogP contribution in [0.3, 0.4) is 0 Å². The molecule has 1 saturated carbocycles. The first-order chi connectivity index (χ1) is 7.66. The van der Waals surface area contributed by atoms with E-state index in [-0.39, 0.29) is 11.4 Å². The highest BCUT2D eigenvalue weighted by atomic mass is 16.4. The molecule has 3 N–H and O–H groups in total. The number of carboxylic acids is 1. The number of rotatable bonds is 3. The van der Waals surface area contributed by atoms with E-state index >= 15 is 0 Å².